The lowest BCUT2D eigenvalue weighted by Crippen LogP contribution is -2.18. The summed E-state index contributed by atoms with van der Waals surface area (Å²) in [7, 11) is 0. The number of carbonyl (C=O) groups excluding carboxylic acids is 1. The summed E-state index contributed by atoms with van der Waals surface area (Å²) in [5, 5.41) is 0. The van der Waals surface area contributed by atoms with Gasteiger partial charge in [0, 0.05) is 6.42 Å². The second kappa shape index (κ2) is 6.74. The van der Waals surface area contributed by atoms with Crippen molar-refractivity contribution in [2.45, 2.75) is 53.9 Å². The van der Waals surface area contributed by atoms with Crippen LogP contribution in [0.25, 0.3) is 0 Å². The van der Waals surface area contributed by atoms with Crippen molar-refractivity contribution in [3.8, 4) is 5.75 Å². The first-order chi connectivity index (χ1) is 8.84. The third-order valence-electron chi connectivity index (χ3n) is 3.81. The Hall–Kier alpha value is -1.31. The minimum absolute atomic E-state index is 0.170. The van der Waals surface area contributed by atoms with E-state index < -0.39 is 0 Å². The first-order valence-electron chi connectivity index (χ1n) is 7.13. The zero-order valence-corrected chi connectivity index (χ0v) is 12.8. The molecule has 106 valence electrons. The molecule has 0 saturated carbocycles. The number of hydrogen-bond donors (Lipinski definition) is 0. The van der Waals surface area contributed by atoms with Crippen LogP contribution in [0, 0.1) is 11.3 Å². The number of rotatable bonds is 5. The number of carbonyl (C=O) groups is 1. The second-order valence-electron chi connectivity index (χ2n) is 6.24. The first kappa shape index (κ1) is 15.7. The van der Waals surface area contributed by atoms with Crippen molar-refractivity contribution in [1.82, 2.24) is 0 Å². The Morgan fingerprint density at radius 2 is 1.89 bits per heavy atom. The maximum Gasteiger partial charge on any atom is 0.310 e. The number of hydrogen-bond acceptors (Lipinski definition) is 2. The van der Waals surface area contributed by atoms with Gasteiger partial charge in [0.1, 0.15) is 5.75 Å². The molecule has 0 N–H and O–H groups in total. The van der Waals surface area contributed by atoms with Crippen LogP contribution in [0.5, 0.6) is 5.75 Å². The summed E-state index contributed by atoms with van der Waals surface area (Å²) >= 11 is 0. The van der Waals surface area contributed by atoms with Crippen LogP contribution < -0.4 is 4.74 Å². The fraction of sp³-hybridized carbons (Fsp3) is 0.588. The van der Waals surface area contributed by atoms with Crippen LogP contribution in [0.3, 0.4) is 0 Å². The molecule has 0 aliphatic carbocycles. The lowest BCUT2D eigenvalue weighted by atomic mass is 9.79. The maximum atomic E-state index is 11.4. The van der Waals surface area contributed by atoms with Crippen molar-refractivity contribution in [2.75, 3.05) is 0 Å². The molecule has 0 bridgehead atoms. The van der Waals surface area contributed by atoms with E-state index in [0.717, 1.165) is 24.2 Å². The summed E-state index contributed by atoms with van der Waals surface area (Å²) in [4.78, 5) is 11.4. The van der Waals surface area contributed by atoms with Crippen molar-refractivity contribution in [3.05, 3.63) is 29.8 Å². The number of aryl methyl sites for hydroxylation is 1. The van der Waals surface area contributed by atoms with Gasteiger partial charge >= 0.3 is 5.97 Å². The lowest BCUT2D eigenvalue weighted by Gasteiger charge is -2.27. The van der Waals surface area contributed by atoms with Crippen molar-refractivity contribution in [3.63, 3.8) is 0 Å². The highest BCUT2D eigenvalue weighted by Gasteiger charge is 2.20. The number of esters is 1. The van der Waals surface area contributed by atoms with Gasteiger partial charge in [0.05, 0.1) is 0 Å². The third kappa shape index (κ3) is 5.06. The molecule has 1 aromatic carbocycles. The van der Waals surface area contributed by atoms with Gasteiger partial charge in [0.25, 0.3) is 0 Å². The molecule has 1 rings (SSSR count). The molecule has 0 aliphatic rings. The molecule has 0 fully saturated rings. The van der Waals surface area contributed by atoms with Crippen LogP contribution >= 0.6 is 0 Å². The summed E-state index contributed by atoms with van der Waals surface area (Å²) in [5.41, 5.74) is 1.44. The monoisotopic (exact) mass is 262 g/mol. The molecule has 19 heavy (non-hydrogen) atoms. The number of para-hydroxylation sites is 1. The van der Waals surface area contributed by atoms with E-state index in [0.29, 0.717) is 17.8 Å². The Morgan fingerprint density at radius 1 is 1.26 bits per heavy atom. The van der Waals surface area contributed by atoms with Crippen LogP contribution in [0.15, 0.2) is 24.3 Å². The summed E-state index contributed by atoms with van der Waals surface area (Å²) < 4.78 is 5.37. The molecule has 0 spiro atoms. The number of ether oxygens (including phenoxy) is 1. The summed E-state index contributed by atoms with van der Waals surface area (Å²) in [5.74, 6) is 1.18. The molecule has 2 heteroatoms. The fourth-order valence-electron chi connectivity index (χ4n) is 1.81. The van der Waals surface area contributed by atoms with E-state index in [4.69, 9.17) is 4.74 Å². The van der Waals surface area contributed by atoms with E-state index in [-0.39, 0.29) is 5.97 Å². The second-order valence-corrected chi connectivity index (χ2v) is 6.24. The van der Waals surface area contributed by atoms with Crippen molar-refractivity contribution < 1.29 is 9.53 Å². The minimum atomic E-state index is -0.170. The van der Waals surface area contributed by atoms with E-state index in [9.17, 15) is 4.79 Å². The van der Waals surface area contributed by atoms with Gasteiger partial charge in [-0.3, -0.25) is 4.79 Å². The molecular formula is C17H26O2. The van der Waals surface area contributed by atoms with Crippen LogP contribution in [-0.4, -0.2) is 5.97 Å². The molecule has 1 atom stereocenters. The molecule has 1 aromatic rings. The van der Waals surface area contributed by atoms with Gasteiger partial charge in [-0.15, -0.1) is 0 Å². The lowest BCUT2D eigenvalue weighted by molar-refractivity contribution is -0.134. The smallest absolute Gasteiger partial charge is 0.310 e. The van der Waals surface area contributed by atoms with E-state index in [1.54, 1.807) is 0 Å². The summed E-state index contributed by atoms with van der Waals surface area (Å²) in [6.45, 7) is 10.9. The molecular weight excluding hydrogens is 236 g/mol. The van der Waals surface area contributed by atoms with Gasteiger partial charge < -0.3 is 4.74 Å². The average Bonchev–Trinajstić information content (AvgIpc) is 2.36. The number of benzene rings is 1. The Labute approximate surface area is 117 Å². The largest absolute Gasteiger partial charge is 0.426 e. The van der Waals surface area contributed by atoms with E-state index in [1.807, 2.05) is 31.2 Å². The quantitative estimate of drug-likeness (QED) is 0.572. The van der Waals surface area contributed by atoms with Gasteiger partial charge in [0.15, 0.2) is 0 Å². The van der Waals surface area contributed by atoms with Crippen LogP contribution in [0.1, 0.15) is 53.0 Å². The molecule has 0 aliphatic heterocycles. The highest BCUT2D eigenvalue weighted by molar-refractivity contribution is 5.72. The highest BCUT2D eigenvalue weighted by atomic mass is 16.5. The predicted octanol–water partition coefficient (Wildman–Crippen LogP) is 4.62. The first-order valence-corrected chi connectivity index (χ1v) is 7.13. The van der Waals surface area contributed by atoms with Crippen molar-refractivity contribution >= 4 is 5.97 Å². The van der Waals surface area contributed by atoms with Crippen LogP contribution in [-0.2, 0) is 11.2 Å². The molecule has 0 amide bonds. The van der Waals surface area contributed by atoms with Gasteiger partial charge in [-0.2, -0.15) is 0 Å². The van der Waals surface area contributed by atoms with Gasteiger partial charge in [-0.05, 0) is 35.8 Å². The zero-order valence-electron chi connectivity index (χ0n) is 12.8. The third-order valence-corrected chi connectivity index (χ3v) is 3.81. The topological polar surface area (TPSA) is 26.3 Å². The zero-order chi connectivity index (χ0) is 14.5. The molecule has 1 unspecified atom stereocenters. The molecule has 0 radical (unpaired) electrons. The molecule has 0 aromatic heterocycles. The predicted molar refractivity (Wildman–Crippen MR) is 79.3 cm³/mol. The van der Waals surface area contributed by atoms with E-state index >= 15 is 0 Å². The Balaban J connectivity index is 2.70. The van der Waals surface area contributed by atoms with Crippen molar-refractivity contribution in [1.29, 1.82) is 0 Å². The minimum Gasteiger partial charge on any atom is -0.426 e. The van der Waals surface area contributed by atoms with Crippen LogP contribution in [0.2, 0.25) is 0 Å². The average molecular weight is 262 g/mol. The van der Waals surface area contributed by atoms with E-state index in [2.05, 4.69) is 27.7 Å². The van der Waals surface area contributed by atoms with Gasteiger partial charge in [-0.1, -0.05) is 52.8 Å². The molecule has 0 heterocycles. The van der Waals surface area contributed by atoms with Gasteiger partial charge in [-0.25, -0.2) is 0 Å². The highest BCUT2D eigenvalue weighted by Crippen LogP contribution is 2.30. The Morgan fingerprint density at radius 3 is 2.47 bits per heavy atom. The normalized spacial score (nSPS) is 13.1. The van der Waals surface area contributed by atoms with E-state index in [1.165, 1.54) is 0 Å². The summed E-state index contributed by atoms with van der Waals surface area (Å²) in [6.07, 6.45) is 2.46. The van der Waals surface area contributed by atoms with Gasteiger partial charge in [0.2, 0.25) is 0 Å². The van der Waals surface area contributed by atoms with Crippen molar-refractivity contribution in [2.24, 2.45) is 11.3 Å². The summed E-state index contributed by atoms with van der Waals surface area (Å²) in [6, 6.07) is 7.84. The standard InChI is InChI=1S/C17H26O2/c1-6-16(18)19-15-10-8-7-9-14(15)12-11-13(2)17(3,4)5/h7-10,13H,6,11-12H2,1-5H3. The Bertz CT molecular complexity index is 416. The maximum absolute atomic E-state index is 11.4. The SMILES string of the molecule is CCC(=O)Oc1ccccc1CCC(C)C(C)(C)C. The molecule has 0 saturated heterocycles. The van der Waals surface area contributed by atoms with Crippen LogP contribution in [0.4, 0.5) is 0 Å². The molecule has 2 nitrogen and oxygen atoms in total. The fourth-order valence-corrected chi connectivity index (χ4v) is 1.81. The Kier molecular flexibility index (Phi) is 5.59.